The largest absolute Gasteiger partial charge is 0.454 e. The Labute approximate surface area is 225 Å². The number of nitrogens with zero attached hydrogens (tertiary/aromatic N) is 5. The highest BCUT2D eigenvalue weighted by Gasteiger charge is 2.34. The third kappa shape index (κ3) is 4.90. The van der Waals surface area contributed by atoms with E-state index in [-0.39, 0.29) is 24.5 Å². The number of H-pyrrole nitrogens is 1. The van der Waals surface area contributed by atoms with E-state index in [2.05, 4.69) is 55.7 Å². The molecule has 3 aliphatic heterocycles. The Kier molecular flexibility index (Phi) is 6.49. The van der Waals surface area contributed by atoms with Gasteiger partial charge >= 0.3 is 0 Å². The molecule has 7 rings (SSSR count). The zero-order chi connectivity index (χ0) is 26.2. The lowest BCUT2D eigenvalue weighted by Gasteiger charge is -2.37. The Morgan fingerprint density at radius 2 is 1.85 bits per heavy atom. The summed E-state index contributed by atoms with van der Waals surface area (Å²) in [7, 11) is 0. The van der Waals surface area contributed by atoms with Gasteiger partial charge in [0, 0.05) is 23.6 Å². The molecule has 39 heavy (non-hydrogen) atoms. The van der Waals surface area contributed by atoms with E-state index in [4.69, 9.17) is 14.2 Å². The minimum absolute atomic E-state index is 0.0825. The fourth-order valence-corrected chi connectivity index (χ4v) is 6.20. The molecule has 5 heterocycles. The van der Waals surface area contributed by atoms with Gasteiger partial charge in [-0.3, -0.25) is 9.69 Å². The Bertz CT molecular complexity index is 1510. The molecule has 0 spiro atoms. The van der Waals surface area contributed by atoms with Crippen LogP contribution in [0.2, 0.25) is 0 Å². The van der Waals surface area contributed by atoms with Crippen LogP contribution in [0.25, 0.3) is 10.9 Å². The van der Waals surface area contributed by atoms with Gasteiger partial charge in [0.05, 0.1) is 18.2 Å². The second kappa shape index (κ2) is 10.4. The lowest BCUT2D eigenvalue weighted by Crippen LogP contribution is -2.41. The summed E-state index contributed by atoms with van der Waals surface area (Å²) in [6, 6.07) is 16.0. The van der Waals surface area contributed by atoms with Crippen molar-refractivity contribution < 1.29 is 14.2 Å². The molecule has 3 aliphatic rings. The third-order valence-corrected chi connectivity index (χ3v) is 8.25. The van der Waals surface area contributed by atoms with E-state index >= 15 is 0 Å². The van der Waals surface area contributed by atoms with E-state index in [9.17, 15) is 4.79 Å². The highest BCUT2D eigenvalue weighted by Crippen LogP contribution is 2.37. The Morgan fingerprint density at radius 3 is 2.64 bits per heavy atom. The van der Waals surface area contributed by atoms with Crippen LogP contribution in [0.15, 0.2) is 53.3 Å². The van der Waals surface area contributed by atoms with Crippen molar-refractivity contribution in [3.8, 4) is 11.5 Å². The number of aromatic amines is 1. The molecule has 10 nitrogen and oxygen atoms in total. The molecule has 2 saturated heterocycles. The van der Waals surface area contributed by atoms with Gasteiger partial charge in [0.15, 0.2) is 17.3 Å². The smallest absolute Gasteiger partial charge is 0.253 e. The molecule has 4 aromatic rings. The van der Waals surface area contributed by atoms with Crippen molar-refractivity contribution in [1.82, 2.24) is 30.1 Å². The van der Waals surface area contributed by atoms with Gasteiger partial charge in [-0.1, -0.05) is 30.3 Å². The number of hydrogen-bond acceptors (Lipinski definition) is 8. The highest BCUT2D eigenvalue weighted by molar-refractivity contribution is 5.83. The molecule has 2 fully saturated rings. The van der Waals surface area contributed by atoms with E-state index in [1.54, 1.807) is 0 Å². The van der Waals surface area contributed by atoms with Gasteiger partial charge < -0.3 is 19.2 Å². The van der Waals surface area contributed by atoms with E-state index in [1.165, 1.54) is 5.56 Å². The number of benzene rings is 2. The fourth-order valence-electron chi connectivity index (χ4n) is 6.20. The Balaban J connectivity index is 1.23. The van der Waals surface area contributed by atoms with Crippen LogP contribution in [-0.2, 0) is 17.7 Å². The molecular weight excluding hydrogens is 496 g/mol. The molecule has 0 aliphatic carbocycles. The second-order valence-electron chi connectivity index (χ2n) is 10.8. The van der Waals surface area contributed by atoms with Crippen LogP contribution in [0.5, 0.6) is 11.5 Å². The maximum Gasteiger partial charge on any atom is 0.253 e. The number of nitrogens with one attached hydrogen (secondary N) is 1. The molecule has 0 amide bonds. The van der Waals surface area contributed by atoms with Crippen LogP contribution in [-0.4, -0.2) is 62.7 Å². The molecular formula is C29H32N6O4. The number of ether oxygens (including phenoxy) is 3. The van der Waals surface area contributed by atoms with Crippen molar-refractivity contribution in [3.63, 3.8) is 0 Å². The number of rotatable bonds is 7. The predicted octanol–water partition coefficient (Wildman–Crippen LogP) is 3.47. The molecule has 2 aromatic carbocycles. The van der Waals surface area contributed by atoms with E-state index in [0.717, 1.165) is 57.2 Å². The van der Waals surface area contributed by atoms with Crippen LogP contribution in [0.4, 0.5) is 0 Å². The summed E-state index contributed by atoms with van der Waals surface area (Å²) < 4.78 is 18.8. The molecule has 202 valence electrons. The monoisotopic (exact) mass is 528 g/mol. The SMILES string of the molecule is O=c1[nH]c2cc3c(cc2cc1[C@@H](c1nnnn1C[C@H]1CCCO1)N1CCC(Cc2ccccc2)CC1)OCO3. The number of pyridine rings is 1. The standard InChI is InChI=1S/C29H32N6O4/c36-29-23(14-21-15-25-26(39-18-38-25)16-24(21)30-29)27(28-31-32-33-35(28)17-22-7-4-12-37-22)34-10-8-20(9-11-34)13-19-5-2-1-3-6-19/h1-3,5-6,14-16,20,22,27H,4,7-13,17-18H2,(H,30,36)/t22-,27+/m1/s1. The lowest BCUT2D eigenvalue weighted by atomic mass is 9.89. The number of likely N-dealkylation sites (tertiary alicyclic amines) is 1. The molecule has 0 bridgehead atoms. The number of tetrazole rings is 1. The minimum Gasteiger partial charge on any atom is -0.454 e. The average Bonchev–Trinajstić information content (AvgIpc) is 3.73. The van der Waals surface area contributed by atoms with Crippen LogP contribution in [0.3, 0.4) is 0 Å². The van der Waals surface area contributed by atoms with Crippen LogP contribution < -0.4 is 15.0 Å². The zero-order valence-electron chi connectivity index (χ0n) is 21.8. The maximum atomic E-state index is 13.6. The first kappa shape index (κ1) is 24.3. The Hall–Kier alpha value is -3.76. The van der Waals surface area contributed by atoms with Crippen molar-refractivity contribution in [2.45, 2.75) is 50.8 Å². The van der Waals surface area contributed by atoms with Crippen LogP contribution >= 0.6 is 0 Å². The summed E-state index contributed by atoms with van der Waals surface area (Å²) in [6.07, 6.45) is 5.27. The van der Waals surface area contributed by atoms with Gasteiger partial charge in [-0.05, 0) is 79.2 Å². The first-order valence-corrected chi connectivity index (χ1v) is 13.8. The summed E-state index contributed by atoms with van der Waals surface area (Å²) in [5.74, 6) is 2.60. The van der Waals surface area contributed by atoms with Crippen molar-refractivity contribution in [2.24, 2.45) is 5.92 Å². The Morgan fingerprint density at radius 1 is 1.03 bits per heavy atom. The lowest BCUT2D eigenvalue weighted by molar-refractivity contribution is 0.0892. The molecule has 2 atom stereocenters. The van der Waals surface area contributed by atoms with Gasteiger partial charge in [0.1, 0.15) is 6.04 Å². The third-order valence-electron chi connectivity index (χ3n) is 8.25. The number of piperidine rings is 1. The number of hydrogen-bond donors (Lipinski definition) is 1. The molecule has 0 saturated carbocycles. The molecule has 0 unspecified atom stereocenters. The van der Waals surface area contributed by atoms with Crippen molar-refractivity contribution in [1.29, 1.82) is 0 Å². The van der Waals surface area contributed by atoms with E-state index in [0.29, 0.717) is 40.9 Å². The molecule has 0 radical (unpaired) electrons. The summed E-state index contributed by atoms with van der Waals surface area (Å²) in [5.41, 5.74) is 2.57. The summed E-state index contributed by atoms with van der Waals surface area (Å²) in [6.45, 7) is 3.23. The van der Waals surface area contributed by atoms with Crippen LogP contribution in [0.1, 0.15) is 48.7 Å². The first-order chi connectivity index (χ1) is 19.2. The zero-order valence-corrected chi connectivity index (χ0v) is 21.8. The molecule has 2 aromatic heterocycles. The number of aromatic nitrogens is 5. The van der Waals surface area contributed by atoms with Crippen LogP contribution in [0, 0.1) is 5.92 Å². The van der Waals surface area contributed by atoms with Gasteiger partial charge in [-0.15, -0.1) is 5.10 Å². The quantitative estimate of drug-likeness (QED) is 0.389. The van der Waals surface area contributed by atoms with Crippen molar-refractivity contribution in [3.05, 3.63) is 75.8 Å². The number of fused-ring (bicyclic) bond motifs is 2. The topological polar surface area (TPSA) is 107 Å². The first-order valence-electron chi connectivity index (χ1n) is 13.8. The van der Waals surface area contributed by atoms with Gasteiger partial charge in [0.2, 0.25) is 6.79 Å². The van der Waals surface area contributed by atoms with Gasteiger partial charge in [0.25, 0.3) is 5.56 Å². The summed E-state index contributed by atoms with van der Waals surface area (Å²) in [4.78, 5) is 19.1. The fraction of sp³-hybridized carbons (Fsp3) is 0.448. The average molecular weight is 529 g/mol. The summed E-state index contributed by atoms with van der Waals surface area (Å²) in [5, 5.41) is 13.7. The van der Waals surface area contributed by atoms with E-state index < -0.39 is 0 Å². The molecule has 1 N–H and O–H groups in total. The summed E-state index contributed by atoms with van der Waals surface area (Å²) >= 11 is 0. The van der Waals surface area contributed by atoms with Gasteiger partial charge in [-0.2, -0.15) is 0 Å². The maximum absolute atomic E-state index is 13.6. The predicted molar refractivity (Wildman–Crippen MR) is 144 cm³/mol. The van der Waals surface area contributed by atoms with E-state index in [1.807, 2.05) is 22.9 Å². The molecule has 10 heteroatoms. The van der Waals surface area contributed by atoms with Crippen molar-refractivity contribution in [2.75, 3.05) is 26.5 Å². The highest BCUT2D eigenvalue weighted by atomic mass is 16.7. The van der Waals surface area contributed by atoms with Crippen molar-refractivity contribution >= 4 is 10.9 Å². The minimum atomic E-state index is -0.377. The second-order valence-corrected chi connectivity index (χ2v) is 10.8. The van der Waals surface area contributed by atoms with Gasteiger partial charge in [-0.25, -0.2) is 4.68 Å². The normalized spacial score (nSPS) is 20.6.